The van der Waals surface area contributed by atoms with E-state index in [4.69, 9.17) is 4.99 Å². The van der Waals surface area contributed by atoms with Gasteiger partial charge in [0.05, 0.1) is 17.0 Å². The third-order valence-corrected chi connectivity index (χ3v) is 6.92. The van der Waals surface area contributed by atoms with Crippen LogP contribution in [0.15, 0.2) is 47.4 Å². The van der Waals surface area contributed by atoms with Gasteiger partial charge in [0.15, 0.2) is 0 Å². The molecule has 1 aromatic carbocycles. The van der Waals surface area contributed by atoms with Crippen molar-refractivity contribution in [1.29, 1.82) is 0 Å². The third-order valence-electron chi connectivity index (χ3n) is 5.45. The average molecular weight is 379 g/mol. The Morgan fingerprint density at radius 3 is 2.96 bits per heavy atom. The molecule has 1 aromatic heterocycles. The van der Waals surface area contributed by atoms with Gasteiger partial charge in [-0.3, -0.25) is 14.5 Å². The second kappa shape index (κ2) is 6.70. The summed E-state index contributed by atoms with van der Waals surface area (Å²) in [7, 11) is 2.42. The maximum absolute atomic E-state index is 12.8. The first-order valence-electron chi connectivity index (χ1n) is 9.38. The summed E-state index contributed by atoms with van der Waals surface area (Å²) >= 11 is 0. The van der Waals surface area contributed by atoms with Gasteiger partial charge in [-0.25, -0.2) is 0 Å². The number of amides is 1. The molecule has 0 aliphatic carbocycles. The number of piperidine rings is 1. The van der Waals surface area contributed by atoms with Gasteiger partial charge >= 0.3 is 0 Å². The molecule has 0 saturated carbocycles. The van der Waals surface area contributed by atoms with Crippen molar-refractivity contribution in [3.63, 3.8) is 0 Å². The Morgan fingerprint density at radius 1 is 1.26 bits per heavy atom. The zero-order valence-electron chi connectivity index (χ0n) is 15.2. The summed E-state index contributed by atoms with van der Waals surface area (Å²) in [5, 5.41) is 10.00. The second-order valence-electron chi connectivity index (χ2n) is 7.33. The highest BCUT2D eigenvalue weighted by Gasteiger charge is 2.31. The lowest BCUT2D eigenvalue weighted by Crippen LogP contribution is -2.39. The van der Waals surface area contributed by atoms with E-state index in [1.807, 2.05) is 41.3 Å². The van der Waals surface area contributed by atoms with Crippen molar-refractivity contribution in [2.45, 2.75) is 18.6 Å². The molecule has 0 bridgehead atoms. The van der Waals surface area contributed by atoms with E-state index in [1.165, 1.54) is 0 Å². The van der Waals surface area contributed by atoms with Gasteiger partial charge in [-0.15, -0.1) is 0 Å². The molecule has 6 nitrogen and oxygen atoms in total. The Bertz CT molecular complexity index is 999. The number of aromatic nitrogens is 2. The zero-order chi connectivity index (χ0) is 18.4. The fourth-order valence-corrected chi connectivity index (χ4v) is 5.34. The van der Waals surface area contributed by atoms with Crippen LogP contribution >= 0.6 is 8.58 Å². The Kier molecular flexibility index (Phi) is 4.18. The summed E-state index contributed by atoms with van der Waals surface area (Å²) in [6, 6.07) is 6.21. The van der Waals surface area contributed by atoms with Crippen LogP contribution < -0.4 is 5.32 Å². The molecule has 0 radical (unpaired) electrons. The highest BCUT2D eigenvalue weighted by Crippen LogP contribution is 2.44. The van der Waals surface area contributed by atoms with E-state index in [2.05, 4.69) is 22.5 Å². The molecule has 5 rings (SSSR count). The maximum Gasteiger partial charge on any atom is 0.252 e. The number of aryl methyl sites for hydroxylation is 1. The van der Waals surface area contributed by atoms with E-state index >= 15 is 0 Å². The van der Waals surface area contributed by atoms with Crippen LogP contribution in [0.5, 0.6) is 0 Å². The van der Waals surface area contributed by atoms with Gasteiger partial charge in [-0.1, -0.05) is 14.6 Å². The van der Waals surface area contributed by atoms with Gasteiger partial charge in [0.2, 0.25) is 0 Å². The summed E-state index contributed by atoms with van der Waals surface area (Å²) < 4.78 is 1.82. The van der Waals surface area contributed by atoms with Crippen molar-refractivity contribution in [2.75, 3.05) is 13.1 Å². The van der Waals surface area contributed by atoms with Crippen LogP contribution in [-0.4, -0.2) is 45.7 Å². The zero-order valence-corrected chi connectivity index (χ0v) is 16.2. The van der Waals surface area contributed by atoms with E-state index in [1.54, 1.807) is 6.08 Å². The smallest absolute Gasteiger partial charge is 0.252 e. The minimum atomic E-state index is 0.0348. The highest BCUT2D eigenvalue weighted by atomic mass is 31.1. The van der Waals surface area contributed by atoms with E-state index < -0.39 is 0 Å². The molecule has 4 heterocycles. The van der Waals surface area contributed by atoms with Gasteiger partial charge < -0.3 is 10.2 Å². The van der Waals surface area contributed by atoms with Crippen LogP contribution in [0.25, 0.3) is 16.2 Å². The predicted octanol–water partition coefficient (Wildman–Crippen LogP) is 2.69. The number of carbonyl (C=O) groups is 1. The standard InChI is InChI=1S/C20H22N5OP/c1-24-11-15-8-14(2-3-16(15)23-24)18-9-19(26)25-12-17(22-10-20(25)27-18)13-4-6-21-7-5-13/h2-3,8-13,20-21,27H,4-7H2,1H3. The Labute approximate surface area is 159 Å². The normalized spacial score (nSPS) is 24.3. The van der Waals surface area contributed by atoms with Crippen LogP contribution in [0.3, 0.4) is 0 Å². The summed E-state index contributed by atoms with van der Waals surface area (Å²) in [5.74, 6) is 0.545. The molecule has 3 aliphatic heterocycles. The van der Waals surface area contributed by atoms with Gasteiger partial charge in [0, 0.05) is 43.0 Å². The maximum atomic E-state index is 12.8. The lowest BCUT2D eigenvalue weighted by atomic mass is 9.94. The molecule has 7 heteroatoms. The summed E-state index contributed by atoms with van der Waals surface area (Å²) in [6.07, 6.45) is 9.95. The summed E-state index contributed by atoms with van der Waals surface area (Å²) in [6.45, 7) is 2.05. The molecule has 27 heavy (non-hydrogen) atoms. The van der Waals surface area contributed by atoms with Gasteiger partial charge in [-0.2, -0.15) is 5.10 Å². The first kappa shape index (κ1) is 16.8. The van der Waals surface area contributed by atoms with Crippen molar-refractivity contribution in [2.24, 2.45) is 18.0 Å². The number of benzene rings is 1. The van der Waals surface area contributed by atoms with E-state index in [0.29, 0.717) is 14.5 Å². The fraction of sp³-hybridized carbons (Fsp3) is 0.350. The van der Waals surface area contributed by atoms with Crippen LogP contribution in [-0.2, 0) is 11.8 Å². The molecule has 3 aliphatic rings. The number of rotatable bonds is 2. The minimum Gasteiger partial charge on any atom is -0.317 e. The van der Waals surface area contributed by atoms with Crippen LogP contribution in [0, 0.1) is 5.92 Å². The molecule has 2 aromatic rings. The SMILES string of the molecule is Cn1cc2cc(C3=CC(=O)N4C=C(C5CCNCC5)N=CC4P3)ccc2n1. The summed E-state index contributed by atoms with van der Waals surface area (Å²) in [4.78, 5) is 19.4. The minimum absolute atomic E-state index is 0.0348. The Hall–Kier alpha value is -2.30. The van der Waals surface area contributed by atoms with Gasteiger partial charge in [0.1, 0.15) is 0 Å². The van der Waals surface area contributed by atoms with Crippen molar-refractivity contribution in [1.82, 2.24) is 20.0 Å². The van der Waals surface area contributed by atoms with E-state index in [9.17, 15) is 4.79 Å². The molecule has 2 unspecified atom stereocenters. The Balaban J connectivity index is 1.42. The number of nitrogens with one attached hydrogen (secondary N) is 1. The number of carbonyl (C=O) groups excluding carboxylic acids is 1. The molecule has 2 atom stereocenters. The van der Waals surface area contributed by atoms with Crippen molar-refractivity contribution in [3.8, 4) is 0 Å². The topological polar surface area (TPSA) is 62.5 Å². The monoisotopic (exact) mass is 379 g/mol. The number of allylic oxidation sites excluding steroid dienone is 1. The molecule has 1 N–H and O–H groups in total. The molecular formula is C20H22N5OP. The number of fused-ring (bicyclic) bond motifs is 2. The highest BCUT2D eigenvalue weighted by molar-refractivity contribution is 7.52. The largest absolute Gasteiger partial charge is 0.317 e. The lowest BCUT2D eigenvalue weighted by Gasteiger charge is -2.35. The second-order valence-corrected chi connectivity index (χ2v) is 8.74. The third kappa shape index (κ3) is 3.13. The molecule has 1 amide bonds. The van der Waals surface area contributed by atoms with Crippen molar-refractivity contribution < 1.29 is 4.79 Å². The number of nitrogens with zero attached hydrogens (tertiary/aromatic N) is 4. The van der Waals surface area contributed by atoms with Crippen molar-refractivity contribution in [3.05, 3.63) is 47.9 Å². The van der Waals surface area contributed by atoms with E-state index in [0.717, 1.165) is 53.4 Å². The number of hydrogen-bond donors (Lipinski definition) is 1. The molecular weight excluding hydrogens is 357 g/mol. The molecule has 0 spiro atoms. The number of aliphatic imine (C=N–C) groups is 1. The van der Waals surface area contributed by atoms with Gasteiger partial charge in [0.25, 0.3) is 5.91 Å². The van der Waals surface area contributed by atoms with Gasteiger partial charge in [-0.05, 0) is 48.9 Å². The first-order valence-corrected chi connectivity index (χ1v) is 10.5. The predicted molar refractivity (Wildman–Crippen MR) is 110 cm³/mol. The fourth-order valence-electron chi connectivity index (χ4n) is 4.00. The molecule has 138 valence electrons. The average Bonchev–Trinajstić information content (AvgIpc) is 3.07. The van der Waals surface area contributed by atoms with Crippen LogP contribution in [0.2, 0.25) is 0 Å². The summed E-state index contributed by atoms with van der Waals surface area (Å²) in [5.41, 5.74) is 3.13. The van der Waals surface area contributed by atoms with E-state index in [-0.39, 0.29) is 11.7 Å². The van der Waals surface area contributed by atoms with Crippen LogP contribution in [0.1, 0.15) is 18.4 Å². The van der Waals surface area contributed by atoms with Crippen LogP contribution in [0.4, 0.5) is 0 Å². The van der Waals surface area contributed by atoms with Crippen molar-refractivity contribution >= 4 is 36.9 Å². The Morgan fingerprint density at radius 2 is 2.11 bits per heavy atom. The molecule has 1 fully saturated rings. The first-order chi connectivity index (χ1) is 13.2. The lowest BCUT2D eigenvalue weighted by molar-refractivity contribution is -0.123. The molecule has 1 saturated heterocycles. The number of hydrogen-bond acceptors (Lipinski definition) is 4. The quantitative estimate of drug-likeness (QED) is 0.816.